The molecule has 0 heterocycles. The Morgan fingerprint density at radius 3 is 2.59 bits per heavy atom. The van der Waals surface area contributed by atoms with Crippen molar-refractivity contribution in [1.82, 2.24) is 5.32 Å². The Morgan fingerprint density at radius 2 is 1.95 bits per heavy atom. The first kappa shape index (κ1) is 31.1. The van der Waals surface area contributed by atoms with Gasteiger partial charge in [0, 0.05) is 25.8 Å². The summed E-state index contributed by atoms with van der Waals surface area (Å²) in [6.07, 6.45) is 10.1. The van der Waals surface area contributed by atoms with Crippen LogP contribution in [0.3, 0.4) is 0 Å². The Balaban J connectivity index is 2.05. The summed E-state index contributed by atoms with van der Waals surface area (Å²) >= 11 is 0. The second-order valence-electron chi connectivity index (χ2n) is 11.2. The van der Waals surface area contributed by atoms with Gasteiger partial charge in [0.05, 0.1) is 18.4 Å². The van der Waals surface area contributed by atoms with E-state index in [1.807, 2.05) is 13.8 Å². The molecule has 0 aromatic rings. The predicted molar refractivity (Wildman–Crippen MR) is 144 cm³/mol. The van der Waals surface area contributed by atoms with E-state index in [-0.39, 0.29) is 54.5 Å². The molecule has 210 valence electrons. The standard InChI is InChI=1S/C30H49NO6/c1-7-9-14-31-28(34)18-25(36-22(6)32)17-24(33)12-13-26-21(5)10-11-23-15-19(3)16-27(29(23)26)37-30(35)20(4)8-2/h10-11,15,19-21,24-27,29,33H,7-9,12-14,16-18H2,1-6H3,(H,31,34). The van der Waals surface area contributed by atoms with E-state index in [9.17, 15) is 19.5 Å². The summed E-state index contributed by atoms with van der Waals surface area (Å²) in [4.78, 5) is 36.6. The maximum atomic E-state index is 12.7. The molecule has 0 saturated heterocycles. The van der Waals surface area contributed by atoms with Gasteiger partial charge in [-0.05, 0) is 55.4 Å². The normalized spacial score (nSPS) is 27.3. The van der Waals surface area contributed by atoms with E-state index in [2.05, 4.69) is 44.3 Å². The molecular formula is C30H49NO6. The second-order valence-corrected chi connectivity index (χ2v) is 11.2. The molecule has 0 aromatic carbocycles. The van der Waals surface area contributed by atoms with Gasteiger partial charge in [-0.3, -0.25) is 14.4 Å². The molecule has 0 fully saturated rings. The van der Waals surface area contributed by atoms with Gasteiger partial charge >= 0.3 is 11.9 Å². The number of esters is 2. The predicted octanol–water partition coefficient (Wildman–Crippen LogP) is 5.12. The van der Waals surface area contributed by atoms with Crippen LogP contribution >= 0.6 is 0 Å². The second kappa shape index (κ2) is 15.3. The van der Waals surface area contributed by atoms with Crippen LogP contribution in [-0.2, 0) is 23.9 Å². The monoisotopic (exact) mass is 519 g/mol. The van der Waals surface area contributed by atoms with Crippen molar-refractivity contribution in [3.05, 3.63) is 23.8 Å². The Morgan fingerprint density at radius 1 is 1.22 bits per heavy atom. The summed E-state index contributed by atoms with van der Waals surface area (Å²) < 4.78 is 11.4. The van der Waals surface area contributed by atoms with E-state index >= 15 is 0 Å². The first-order valence-corrected chi connectivity index (χ1v) is 14.3. The van der Waals surface area contributed by atoms with E-state index in [0.717, 1.165) is 32.1 Å². The van der Waals surface area contributed by atoms with E-state index in [1.54, 1.807) is 0 Å². The summed E-state index contributed by atoms with van der Waals surface area (Å²) in [7, 11) is 0. The first-order valence-electron chi connectivity index (χ1n) is 14.3. The zero-order valence-corrected chi connectivity index (χ0v) is 23.7. The number of aliphatic hydroxyl groups excluding tert-OH is 1. The number of allylic oxidation sites excluding steroid dienone is 3. The van der Waals surface area contributed by atoms with E-state index in [4.69, 9.17) is 9.47 Å². The summed E-state index contributed by atoms with van der Waals surface area (Å²) in [6, 6.07) is 0. The zero-order chi connectivity index (χ0) is 27.5. The summed E-state index contributed by atoms with van der Waals surface area (Å²) in [5.74, 6) is 0.0426. The van der Waals surface area contributed by atoms with Crippen molar-refractivity contribution in [2.75, 3.05) is 6.54 Å². The van der Waals surface area contributed by atoms with Crippen LogP contribution < -0.4 is 5.32 Å². The molecule has 8 unspecified atom stereocenters. The van der Waals surface area contributed by atoms with Gasteiger partial charge in [0.25, 0.3) is 0 Å². The molecule has 0 bridgehead atoms. The average Bonchev–Trinajstić information content (AvgIpc) is 2.82. The van der Waals surface area contributed by atoms with Crippen molar-refractivity contribution in [1.29, 1.82) is 0 Å². The van der Waals surface area contributed by atoms with Crippen molar-refractivity contribution in [3.63, 3.8) is 0 Å². The molecule has 2 rings (SSSR count). The molecule has 0 radical (unpaired) electrons. The molecule has 0 aromatic heterocycles. The van der Waals surface area contributed by atoms with Gasteiger partial charge in [-0.1, -0.05) is 59.3 Å². The van der Waals surface area contributed by atoms with Crippen molar-refractivity contribution >= 4 is 17.8 Å². The molecule has 7 heteroatoms. The van der Waals surface area contributed by atoms with Crippen LogP contribution in [0.4, 0.5) is 0 Å². The number of aliphatic hydroxyl groups is 1. The van der Waals surface area contributed by atoms with Crippen LogP contribution in [0.2, 0.25) is 0 Å². The summed E-state index contributed by atoms with van der Waals surface area (Å²) in [5.41, 5.74) is 1.22. The highest BCUT2D eigenvalue weighted by Gasteiger charge is 2.41. The molecule has 7 nitrogen and oxygen atoms in total. The minimum atomic E-state index is -0.707. The molecule has 2 N–H and O–H groups in total. The third-order valence-corrected chi connectivity index (χ3v) is 7.84. The van der Waals surface area contributed by atoms with Crippen LogP contribution in [0.5, 0.6) is 0 Å². The van der Waals surface area contributed by atoms with Crippen molar-refractivity contribution < 1.29 is 29.0 Å². The van der Waals surface area contributed by atoms with Crippen LogP contribution in [0.25, 0.3) is 0 Å². The van der Waals surface area contributed by atoms with Crippen LogP contribution in [0.1, 0.15) is 92.9 Å². The highest BCUT2D eigenvalue weighted by atomic mass is 16.5. The average molecular weight is 520 g/mol. The van der Waals surface area contributed by atoms with Gasteiger partial charge in [0.2, 0.25) is 5.91 Å². The number of carbonyl (C=O) groups excluding carboxylic acids is 3. The van der Waals surface area contributed by atoms with Crippen LogP contribution in [-0.4, -0.2) is 47.8 Å². The van der Waals surface area contributed by atoms with E-state index in [1.165, 1.54) is 12.5 Å². The van der Waals surface area contributed by atoms with Crippen LogP contribution in [0, 0.1) is 29.6 Å². The number of amides is 1. The lowest BCUT2D eigenvalue weighted by Gasteiger charge is -2.43. The van der Waals surface area contributed by atoms with Crippen molar-refractivity contribution in [3.8, 4) is 0 Å². The molecular weight excluding hydrogens is 470 g/mol. The fourth-order valence-corrected chi connectivity index (χ4v) is 5.55. The maximum absolute atomic E-state index is 12.7. The van der Waals surface area contributed by atoms with Gasteiger partial charge in [-0.25, -0.2) is 0 Å². The smallest absolute Gasteiger partial charge is 0.308 e. The number of hydrogen-bond acceptors (Lipinski definition) is 6. The molecule has 37 heavy (non-hydrogen) atoms. The number of unbranched alkanes of at least 4 members (excludes halogenated alkanes) is 1. The van der Waals surface area contributed by atoms with Gasteiger partial charge in [-0.2, -0.15) is 0 Å². The Hall–Kier alpha value is -2.15. The lowest BCUT2D eigenvalue weighted by atomic mass is 9.65. The topological polar surface area (TPSA) is 102 Å². The summed E-state index contributed by atoms with van der Waals surface area (Å²) in [5, 5.41) is 13.7. The number of hydrogen-bond donors (Lipinski definition) is 2. The van der Waals surface area contributed by atoms with Crippen molar-refractivity contribution in [2.24, 2.45) is 29.6 Å². The Kier molecular flexibility index (Phi) is 12.9. The Bertz CT molecular complexity index is 821. The summed E-state index contributed by atoms with van der Waals surface area (Å²) in [6.45, 7) is 12.2. The SMILES string of the molecule is CCCCNC(=O)CC(CC(O)CCC1C(C)C=CC2=CC(C)CC(OC(=O)C(C)CC)C21)OC(C)=O. The minimum Gasteiger partial charge on any atom is -0.462 e. The third-order valence-electron chi connectivity index (χ3n) is 7.84. The molecule has 1 amide bonds. The van der Waals surface area contributed by atoms with Crippen LogP contribution in [0.15, 0.2) is 23.8 Å². The van der Waals surface area contributed by atoms with Gasteiger partial charge < -0.3 is 19.9 Å². The van der Waals surface area contributed by atoms with E-state index in [0.29, 0.717) is 18.9 Å². The number of nitrogens with one attached hydrogen (secondary N) is 1. The number of fused-ring (bicyclic) bond motifs is 1. The fourth-order valence-electron chi connectivity index (χ4n) is 5.55. The fraction of sp³-hybridized carbons (Fsp3) is 0.767. The molecule has 0 spiro atoms. The minimum absolute atomic E-state index is 0.0456. The quantitative estimate of drug-likeness (QED) is 0.244. The lowest BCUT2D eigenvalue weighted by molar-refractivity contribution is -0.158. The molecule has 2 aliphatic rings. The third kappa shape index (κ3) is 9.91. The highest BCUT2D eigenvalue weighted by Crippen LogP contribution is 2.45. The highest BCUT2D eigenvalue weighted by molar-refractivity contribution is 5.77. The zero-order valence-electron chi connectivity index (χ0n) is 23.7. The van der Waals surface area contributed by atoms with Gasteiger partial charge in [-0.15, -0.1) is 0 Å². The molecule has 0 aliphatic heterocycles. The van der Waals surface area contributed by atoms with Gasteiger partial charge in [0.15, 0.2) is 0 Å². The molecule has 0 saturated carbocycles. The Labute approximate surface area is 223 Å². The largest absolute Gasteiger partial charge is 0.462 e. The molecule has 8 atom stereocenters. The lowest BCUT2D eigenvalue weighted by Crippen LogP contribution is -2.41. The van der Waals surface area contributed by atoms with E-state index < -0.39 is 18.2 Å². The number of ether oxygens (including phenoxy) is 2. The van der Waals surface area contributed by atoms with Crippen molar-refractivity contribution in [2.45, 2.75) is 111 Å². The number of rotatable bonds is 14. The first-order chi connectivity index (χ1) is 17.5. The maximum Gasteiger partial charge on any atom is 0.308 e. The number of carbonyl (C=O) groups is 3. The molecule has 2 aliphatic carbocycles. The van der Waals surface area contributed by atoms with Gasteiger partial charge in [0.1, 0.15) is 12.2 Å².